The normalized spacial score (nSPS) is 16.3. The number of carbonyl (C=O) groups excluding carboxylic acids is 2. The van der Waals surface area contributed by atoms with Crippen molar-refractivity contribution in [1.29, 1.82) is 5.26 Å². The topological polar surface area (TPSA) is 74.1 Å². The van der Waals surface area contributed by atoms with Crippen molar-refractivity contribution in [2.75, 3.05) is 6.54 Å². The Bertz CT molecular complexity index is 1180. The van der Waals surface area contributed by atoms with Gasteiger partial charge < -0.3 is 0 Å². The van der Waals surface area contributed by atoms with Crippen LogP contribution in [0.4, 0.5) is 0 Å². The first kappa shape index (κ1) is 18.3. The summed E-state index contributed by atoms with van der Waals surface area (Å²) in [6.07, 6.45) is 1.76. The first-order valence-electron chi connectivity index (χ1n) is 8.68. The molecule has 0 bridgehead atoms. The SMILES string of the molecule is CCN1C(=O)C(C#N)=C(C)/C(=C/c2cc3sc(-c4ccccc4)nc3s2)C1=O. The van der Waals surface area contributed by atoms with Crippen LogP contribution in [-0.4, -0.2) is 28.2 Å². The Morgan fingerprint density at radius 2 is 1.93 bits per heavy atom. The van der Waals surface area contributed by atoms with Gasteiger partial charge in [-0.3, -0.25) is 14.5 Å². The maximum Gasteiger partial charge on any atom is 0.271 e. The van der Waals surface area contributed by atoms with Gasteiger partial charge in [0.1, 0.15) is 21.5 Å². The van der Waals surface area contributed by atoms with Crippen molar-refractivity contribution in [3.8, 4) is 16.6 Å². The zero-order chi connectivity index (χ0) is 19.8. The molecule has 0 aliphatic carbocycles. The maximum absolute atomic E-state index is 12.7. The molecule has 1 aliphatic rings. The maximum atomic E-state index is 12.7. The van der Waals surface area contributed by atoms with Crippen LogP contribution in [0.25, 0.3) is 26.2 Å². The molecule has 138 valence electrons. The lowest BCUT2D eigenvalue weighted by atomic mass is 9.95. The van der Waals surface area contributed by atoms with Crippen LogP contribution < -0.4 is 0 Å². The molecule has 0 radical (unpaired) electrons. The lowest BCUT2D eigenvalue weighted by Crippen LogP contribution is -2.42. The van der Waals surface area contributed by atoms with E-state index in [0.717, 1.165) is 29.9 Å². The highest BCUT2D eigenvalue weighted by atomic mass is 32.1. The van der Waals surface area contributed by atoms with E-state index in [-0.39, 0.29) is 18.0 Å². The fourth-order valence-corrected chi connectivity index (χ4v) is 5.26. The lowest BCUT2D eigenvalue weighted by molar-refractivity contribution is -0.140. The third-order valence-electron chi connectivity index (χ3n) is 4.56. The first-order chi connectivity index (χ1) is 13.5. The van der Waals surface area contributed by atoms with E-state index in [0.29, 0.717) is 11.1 Å². The molecular weight excluding hydrogens is 390 g/mol. The lowest BCUT2D eigenvalue weighted by Gasteiger charge is -2.26. The van der Waals surface area contributed by atoms with Crippen LogP contribution in [0.5, 0.6) is 0 Å². The first-order valence-corrected chi connectivity index (χ1v) is 10.3. The second-order valence-corrected chi connectivity index (χ2v) is 8.32. The Balaban J connectivity index is 1.76. The fourth-order valence-electron chi connectivity index (χ4n) is 3.09. The Labute approximate surface area is 169 Å². The van der Waals surface area contributed by atoms with Crippen molar-refractivity contribution in [3.63, 3.8) is 0 Å². The molecule has 4 rings (SSSR count). The number of nitriles is 1. The van der Waals surface area contributed by atoms with Crippen LogP contribution in [0.3, 0.4) is 0 Å². The smallest absolute Gasteiger partial charge is 0.271 e. The summed E-state index contributed by atoms with van der Waals surface area (Å²) in [5.41, 5.74) is 1.91. The molecule has 2 amide bonds. The molecule has 7 heteroatoms. The molecular formula is C21H15N3O2S2. The molecule has 1 aromatic carbocycles. The third-order valence-corrected chi connectivity index (χ3v) is 6.71. The fraction of sp³-hybridized carbons (Fsp3) is 0.143. The number of hydrogen-bond donors (Lipinski definition) is 0. The van der Waals surface area contributed by atoms with Gasteiger partial charge in [0, 0.05) is 22.6 Å². The number of fused-ring (bicyclic) bond motifs is 1. The largest absolute Gasteiger partial charge is 0.274 e. The van der Waals surface area contributed by atoms with Gasteiger partial charge in [-0.1, -0.05) is 30.3 Å². The van der Waals surface area contributed by atoms with Crippen LogP contribution in [0.1, 0.15) is 18.7 Å². The summed E-state index contributed by atoms with van der Waals surface area (Å²) in [5, 5.41) is 10.3. The number of rotatable bonds is 3. The highest BCUT2D eigenvalue weighted by Gasteiger charge is 2.34. The third kappa shape index (κ3) is 2.97. The monoisotopic (exact) mass is 405 g/mol. The summed E-state index contributed by atoms with van der Waals surface area (Å²) < 4.78 is 1.05. The molecule has 0 saturated carbocycles. The summed E-state index contributed by atoms with van der Waals surface area (Å²) in [4.78, 5) is 32.6. The number of thiophene rings is 1. The quantitative estimate of drug-likeness (QED) is 0.470. The molecule has 2 aromatic heterocycles. The highest BCUT2D eigenvalue weighted by Crippen LogP contribution is 2.37. The van der Waals surface area contributed by atoms with Gasteiger partial charge in [0.25, 0.3) is 11.8 Å². The van der Waals surface area contributed by atoms with Crippen LogP contribution in [0.2, 0.25) is 0 Å². The van der Waals surface area contributed by atoms with E-state index in [9.17, 15) is 14.9 Å². The van der Waals surface area contributed by atoms with Crippen LogP contribution in [0.15, 0.2) is 53.1 Å². The minimum Gasteiger partial charge on any atom is -0.274 e. The molecule has 28 heavy (non-hydrogen) atoms. The highest BCUT2D eigenvalue weighted by molar-refractivity contribution is 7.29. The average Bonchev–Trinajstić information content (AvgIpc) is 3.25. The predicted octanol–water partition coefficient (Wildman–Crippen LogP) is 4.64. The number of benzene rings is 1. The Morgan fingerprint density at radius 1 is 1.18 bits per heavy atom. The summed E-state index contributed by atoms with van der Waals surface area (Å²) in [6, 6.07) is 13.9. The second kappa shape index (κ2) is 7.15. The molecule has 0 saturated heterocycles. The Kier molecular flexibility index (Phi) is 4.67. The molecule has 3 heterocycles. The Morgan fingerprint density at radius 3 is 2.57 bits per heavy atom. The number of likely N-dealkylation sites (N-methyl/N-ethyl adjacent to an activating group) is 1. The molecule has 0 spiro atoms. The summed E-state index contributed by atoms with van der Waals surface area (Å²) in [5.74, 6) is -0.885. The van der Waals surface area contributed by atoms with Crippen molar-refractivity contribution in [1.82, 2.24) is 9.88 Å². The molecule has 0 unspecified atom stereocenters. The number of carbonyl (C=O) groups is 2. The van der Waals surface area contributed by atoms with Crippen molar-refractivity contribution in [2.24, 2.45) is 0 Å². The molecule has 5 nitrogen and oxygen atoms in total. The van der Waals surface area contributed by atoms with E-state index < -0.39 is 5.91 Å². The van der Waals surface area contributed by atoms with Gasteiger partial charge >= 0.3 is 0 Å². The van der Waals surface area contributed by atoms with Gasteiger partial charge in [-0.15, -0.1) is 22.7 Å². The van der Waals surface area contributed by atoms with Gasteiger partial charge in [0.15, 0.2) is 0 Å². The summed E-state index contributed by atoms with van der Waals surface area (Å²) in [6.45, 7) is 3.60. The second-order valence-electron chi connectivity index (χ2n) is 6.23. The van der Waals surface area contributed by atoms with E-state index in [2.05, 4.69) is 0 Å². The van der Waals surface area contributed by atoms with E-state index >= 15 is 0 Å². The van der Waals surface area contributed by atoms with E-state index in [1.165, 1.54) is 11.3 Å². The minimum absolute atomic E-state index is 0.0237. The van der Waals surface area contributed by atoms with Crippen molar-refractivity contribution < 1.29 is 9.59 Å². The van der Waals surface area contributed by atoms with E-state index in [1.807, 2.05) is 42.5 Å². The van der Waals surface area contributed by atoms with Gasteiger partial charge in [-0.05, 0) is 31.6 Å². The van der Waals surface area contributed by atoms with Crippen molar-refractivity contribution >= 4 is 50.1 Å². The molecule has 3 aromatic rings. The van der Waals surface area contributed by atoms with Crippen LogP contribution >= 0.6 is 22.7 Å². The molecule has 0 fully saturated rings. The average molecular weight is 406 g/mol. The number of amides is 2. The summed E-state index contributed by atoms with van der Waals surface area (Å²) >= 11 is 3.09. The van der Waals surface area contributed by atoms with Crippen molar-refractivity contribution in [2.45, 2.75) is 13.8 Å². The van der Waals surface area contributed by atoms with E-state index in [4.69, 9.17) is 4.98 Å². The van der Waals surface area contributed by atoms with E-state index in [1.54, 1.807) is 31.3 Å². The predicted molar refractivity (Wildman–Crippen MR) is 112 cm³/mol. The molecule has 1 aliphatic heterocycles. The summed E-state index contributed by atoms with van der Waals surface area (Å²) in [7, 11) is 0. The van der Waals surface area contributed by atoms with Crippen LogP contribution in [-0.2, 0) is 9.59 Å². The number of aromatic nitrogens is 1. The minimum atomic E-state index is -0.522. The van der Waals surface area contributed by atoms with Crippen LogP contribution in [0, 0.1) is 11.3 Å². The number of imide groups is 1. The number of nitrogens with zero attached hydrogens (tertiary/aromatic N) is 3. The standard InChI is InChI=1S/C21H15N3O2S2/c1-3-24-20(25)15(12(2)16(11-22)21(24)26)9-14-10-17-19(27-14)23-18(28-17)13-7-5-4-6-8-13/h4-10H,3H2,1-2H3/b15-9-. The number of hydrogen-bond acceptors (Lipinski definition) is 6. The van der Waals surface area contributed by atoms with Gasteiger partial charge in [0.2, 0.25) is 0 Å². The Hall–Kier alpha value is -3.08. The van der Waals surface area contributed by atoms with Gasteiger partial charge in [-0.25, -0.2) is 4.98 Å². The van der Waals surface area contributed by atoms with Crippen molar-refractivity contribution in [3.05, 3.63) is 58.0 Å². The molecule has 0 N–H and O–H groups in total. The molecule has 0 atom stereocenters. The zero-order valence-electron chi connectivity index (χ0n) is 15.2. The number of thiazole rings is 1. The zero-order valence-corrected chi connectivity index (χ0v) is 16.9. The van der Waals surface area contributed by atoms with Gasteiger partial charge in [0.05, 0.1) is 4.70 Å². The van der Waals surface area contributed by atoms with Gasteiger partial charge in [-0.2, -0.15) is 5.26 Å².